The van der Waals surface area contributed by atoms with E-state index in [1.54, 1.807) is 0 Å². The van der Waals surface area contributed by atoms with Crippen molar-refractivity contribution in [3.8, 4) is 11.5 Å². The van der Waals surface area contributed by atoms with E-state index >= 15 is 0 Å². The Balaban J connectivity index is 1.42. The topological polar surface area (TPSA) is 98.0 Å². The number of hydrogen-bond acceptors (Lipinski definition) is 7. The van der Waals surface area contributed by atoms with E-state index in [2.05, 4.69) is 16.0 Å². The van der Waals surface area contributed by atoms with Crippen LogP contribution < -0.4 is 14.8 Å². The molecule has 0 spiro atoms. The molecule has 1 unspecified atom stereocenters. The molecule has 3 aromatic rings. The van der Waals surface area contributed by atoms with Gasteiger partial charge in [0.2, 0.25) is 13.7 Å². The van der Waals surface area contributed by atoms with Crippen molar-refractivity contribution >= 4 is 30.4 Å². The Hall–Kier alpha value is -2.75. The lowest BCUT2D eigenvalue weighted by atomic mass is 9.93. The first-order chi connectivity index (χ1) is 14.4. The fourth-order valence-electron chi connectivity index (χ4n) is 4.35. The molecule has 1 aliphatic heterocycles. The van der Waals surface area contributed by atoms with Crippen LogP contribution in [-0.4, -0.2) is 52.8 Å². The number of pyridine rings is 1. The van der Waals surface area contributed by atoms with Gasteiger partial charge in [-0.25, -0.2) is 4.98 Å². The van der Waals surface area contributed by atoms with Gasteiger partial charge < -0.3 is 34.3 Å². The molecule has 9 heteroatoms. The summed E-state index contributed by atoms with van der Waals surface area (Å²) in [6.07, 6.45) is 1.92. The molecule has 2 aliphatic rings. The summed E-state index contributed by atoms with van der Waals surface area (Å²) < 4.78 is 18.7. The molecule has 0 radical (unpaired) electrons. The van der Waals surface area contributed by atoms with Gasteiger partial charge in [0.25, 0.3) is 0 Å². The molecule has 0 bridgehead atoms. The molecular formula is C21H24BN3O5. The molecule has 3 heterocycles. The second kappa shape index (κ2) is 7.19. The van der Waals surface area contributed by atoms with Crippen molar-refractivity contribution in [1.82, 2.24) is 9.55 Å². The van der Waals surface area contributed by atoms with Gasteiger partial charge >= 0.3 is 0 Å². The summed E-state index contributed by atoms with van der Waals surface area (Å²) in [7, 11) is 3.26. The van der Waals surface area contributed by atoms with E-state index in [0.717, 1.165) is 52.4 Å². The van der Waals surface area contributed by atoms with Crippen molar-refractivity contribution < 1.29 is 24.4 Å². The molecule has 8 nitrogen and oxygen atoms in total. The standard InChI is InChI=1S/C21H24BN3O5/c1-25-16-5-3-13(30-21(22,26)27)11-15(16)14-4-7-19(24-20(14)25)23-12-2-6-17-18(10-12)29-9-8-28-17/h2,4,6-7,10,13,26-27H,3,5,8-9,11,22H2,1H3,(H,23,24). The summed E-state index contributed by atoms with van der Waals surface area (Å²) >= 11 is 0. The Bertz CT molecular complexity index is 1110. The Morgan fingerprint density at radius 2 is 2.00 bits per heavy atom. The predicted octanol–water partition coefficient (Wildman–Crippen LogP) is 1.19. The average Bonchev–Trinajstić information content (AvgIpc) is 2.98. The van der Waals surface area contributed by atoms with Gasteiger partial charge in [0.1, 0.15) is 24.7 Å². The number of benzene rings is 1. The number of aliphatic hydroxyl groups is 2. The molecule has 1 atom stereocenters. The number of aryl methyl sites for hydroxylation is 1. The molecule has 156 valence electrons. The number of hydrogen-bond donors (Lipinski definition) is 3. The second-order valence-corrected chi connectivity index (χ2v) is 7.95. The van der Waals surface area contributed by atoms with Gasteiger partial charge in [-0.2, -0.15) is 0 Å². The maximum atomic E-state index is 9.58. The Kier molecular flexibility index (Phi) is 4.61. The van der Waals surface area contributed by atoms with Gasteiger partial charge in [-0.15, -0.1) is 0 Å². The highest BCUT2D eigenvalue weighted by molar-refractivity contribution is 6.11. The fourth-order valence-corrected chi connectivity index (χ4v) is 4.35. The van der Waals surface area contributed by atoms with Gasteiger partial charge in [-0.05, 0) is 42.7 Å². The van der Waals surface area contributed by atoms with Crippen LogP contribution in [0.2, 0.25) is 0 Å². The maximum absolute atomic E-state index is 9.58. The van der Waals surface area contributed by atoms with E-state index in [9.17, 15) is 10.2 Å². The lowest BCUT2D eigenvalue weighted by Crippen LogP contribution is -2.39. The first-order valence-corrected chi connectivity index (χ1v) is 10.1. The number of anilines is 2. The summed E-state index contributed by atoms with van der Waals surface area (Å²) in [6, 6.07) is 9.76. The predicted molar refractivity (Wildman–Crippen MR) is 114 cm³/mol. The number of ether oxygens (including phenoxy) is 3. The van der Waals surface area contributed by atoms with E-state index in [1.165, 1.54) is 13.5 Å². The number of nitrogens with zero attached hydrogens (tertiary/aromatic N) is 2. The largest absolute Gasteiger partial charge is 0.486 e. The van der Waals surface area contributed by atoms with Crippen LogP contribution >= 0.6 is 0 Å². The summed E-state index contributed by atoms with van der Waals surface area (Å²) in [6.45, 7) is 1.11. The number of fused-ring (bicyclic) bond motifs is 4. The summed E-state index contributed by atoms with van der Waals surface area (Å²) in [5, 5.41) is 23.6. The summed E-state index contributed by atoms with van der Waals surface area (Å²) in [4.78, 5) is 4.83. The monoisotopic (exact) mass is 409 g/mol. The highest BCUT2D eigenvalue weighted by atomic mass is 16.8. The minimum atomic E-state index is -2.12. The van der Waals surface area contributed by atoms with E-state index in [4.69, 9.17) is 19.2 Å². The smallest absolute Gasteiger partial charge is 0.225 e. The van der Waals surface area contributed by atoms with Crippen molar-refractivity contribution in [3.05, 3.63) is 41.6 Å². The van der Waals surface area contributed by atoms with Gasteiger partial charge in [0, 0.05) is 36.3 Å². The normalized spacial score (nSPS) is 18.3. The second-order valence-electron chi connectivity index (χ2n) is 7.95. The van der Waals surface area contributed by atoms with E-state index in [1.807, 2.05) is 31.3 Å². The molecule has 0 amide bonds. The highest BCUT2D eigenvalue weighted by Gasteiger charge is 2.29. The lowest BCUT2D eigenvalue weighted by Gasteiger charge is -2.28. The average molecular weight is 409 g/mol. The van der Waals surface area contributed by atoms with Crippen LogP contribution in [-0.2, 0) is 24.6 Å². The van der Waals surface area contributed by atoms with Gasteiger partial charge in [-0.1, -0.05) is 0 Å². The third kappa shape index (κ3) is 3.60. The first-order valence-electron chi connectivity index (χ1n) is 10.1. The third-order valence-electron chi connectivity index (χ3n) is 5.61. The minimum absolute atomic E-state index is 0.237. The van der Waals surface area contributed by atoms with Crippen molar-refractivity contribution in [2.24, 2.45) is 7.05 Å². The zero-order valence-corrected chi connectivity index (χ0v) is 17.0. The zero-order valence-electron chi connectivity index (χ0n) is 17.0. The first kappa shape index (κ1) is 19.2. The molecule has 30 heavy (non-hydrogen) atoms. The Morgan fingerprint density at radius 1 is 1.20 bits per heavy atom. The van der Waals surface area contributed by atoms with E-state index in [-0.39, 0.29) is 6.10 Å². The SMILES string of the molecule is BC(O)(O)OC1CCc2c(c3ccc(Nc4ccc5c(c4)OCCO5)nc3n2C)C1. The van der Waals surface area contributed by atoms with E-state index in [0.29, 0.717) is 19.6 Å². The molecule has 0 fully saturated rings. The molecule has 0 saturated heterocycles. The lowest BCUT2D eigenvalue weighted by molar-refractivity contribution is -0.295. The van der Waals surface area contributed by atoms with Gasteiger partial charge in [0.15, 0.2) is 11.5 Å². The van der Waals surface area contributed by atoms with Crippen LogP contribution in [0.15, 0.2) is 30.3 Å². The maximum Gasteiger partial charge on any atom is 0.225 e. The molecule has 5 rings (SSSR count). The van der Waals surface area contributed by atoms with Crippen LogP contribution in [0.4, 0.5) is 11.5 Å². The van der Waals surface area contributed by atoms with Crippen LogP contribution in [0.5, 0.6) is 11.5 Å². The molecular weight excluding hydrogens is 385 g/mol. The molecule has 2 aromatic heterocycles. The fraction of sp³-hybridized carbons (Fsp3) is 0.381. The van der Waals surface area contributed by atoms with Crippen molar-refractivity contribution in [3.63, 3.8) is 0 Å². The van der Waals surface area contributed by atoms with Crippen molar-refractivity contribution in [1.29, 1.82) is 0 Å². The van der Waals surface area contributed by atoms with Crippen molar-refractivity contribution in [2.75, 3.05) is 18.5 Å². The number of aromatic nitrogens is 2. The van der Waals surface area contributed by atoms with E-state index < -0.39 is 5.87 Å². The summed E-state index contributed by atoms with van der Waals surface area (Å²) in [5.74, 6) is 0.103. The molecule has 1 aromatic carbocycles. The minimum Gasteiger partial charge on any atom is -0.486 e. The summed E-state index contributed by atoms with van der Waals surface area (Å²) in [5.41, 5.74) is 4.14. The molecule has 3 N–H and O–H groups in total. The highest BCUT2D eigenvalue weighted by Crippen LogP contribution is 2.35. The molecule has 0 saturated carbocycles. The quantitative estimate of drug-likeness (QED) is 0.440. The zero-order chi connectivity index (χ0) is 20.9. The van der Waals surface area contributed by atoms with Gasteiger partial charge in [0.05, 0.1) is 6.10 Å². The van der Waals surface area contributed by atoms with Crippen LogP contribution in [0.25, 0.3) is 11.0 Å². The number of nitrogens with one attached hydrogen (secondary N) is 1. The number of rotatable bonds is 4. The van der Waals surface area contributed by atoms with Crippen LogP contribution in [0, 0.1) is 0 Å². The van der Waals surface area contributed by atoms with Crippen molar-refractivity contribution in [2.45, 2.75) is 31.2 Å². The van der Waals surface area contributed by atoms with Gasteiger partial charge in [-0.3, -0.25) is 0 Å². The molecule has 1 aliphatic carbocycles. The Morgan fingerprint density at radius 3 is 2.80 bits per heavy atom. The Labute approximate surface area is 174 Å². The third-order valence-corrected chi connectivity index (χ3v) is 5.61. The van der Waals surface area contributed by atoms with Crippen LogP contribution in [0.1, 0.15) is 17.7 Å². The van der Waals surface area contributed by atoms with Crippen LogP contribution in [0.3, 0.4) is 0 Å².